The molecule has 0 bridgehead atoms. The Labute approximate surface area is 108 Å². The smallest absolute Gasteiger partial charge is 0.137 e. The van der Waals surface area contributed by atoms with Crippen LogP contribution in [0.25, 0.3) is 0 Å². The Morgan fingerprint density at radius 1 is 1.41 bits per heavy atom. The summed E-state index contributed by atoms with van der Waals surface area (Å²) in [7, 11) is 4.15. The second kappa shape index (κ2) is 6.77. The molecule has 0 aromatic carbocycles. The number of hydrogen-bond acceptors (Lipinski definition) is 4. The molecule has 0 saturated carbocycles. The average molecular weight is 257 g/mol. The number of aromatic nitrogens is 2. The van der Waals surface area contributed by atoms with Gasteiger partial charge in [0, 0.05) is 11.6 Å². The van der Waals surface area contributed by atoms with E-state index in [0.717, 1.165) is 30.8 Å². The molecular weight excluding hydrogens is 236 g/mol. The van der Waals surface area contributed by atoms with E-state index in [-0.39, 0.29) is 0 Å². The van der Waals surface area contributed by atoms with Crippen molar-refractivity contribution >= 4 is 17.4 Å². The van der Waals surface area contributed by atoms with Gasteiger partial charge in [0.1, 0.15) is 17.3 Å². The summed E-state index contributed by atoms with van der Waals surface area (Å²) in [6, 6.07) is 0.369. The van der Waals surface area contributed by atoms with Crippen LogP contribution in [0.5, 0.6) is 0 Å². The third-order valence-electron chi connectivity index (χ3n) is 2.64. The molecule has 4 nitrogen and oxygen atoms in total. The van der Waals surface area contributed by atoms with Crippen LogP contribution in [0.4, 0.5) is 5.82 Å². The van der Waals surface area contributed by atoms with Crippen molar-refractivity contribution in [3.63, 3.8) is 0 Å². The van der Waals surface area contributed by atoms with Gasteiger partial charge in [-0.25, -0.2) is 9.97 Å². The van der Waals surface area contributed by atoms with Crippen LogP contribution >= 0.6 is 11.6 Å². The van der Waals surface area contributed by atoms with E-state index in [1.165, 1.54) is 6.33 Å². The van der Waals surface area contributed by atoms with Crippen molar-refractivity contribution in [2.75, 3.05) is 26.0 Å². The molecule has 0 radical (unpaired) electrons. The zero-order valence-corrected chi connectivity index (χ0v) is 11.8. The largest absolute Gasteiger partial charge is 0.367 e. The Kier molecular flexibility index (Phi) is 5.65. The van der Waals surface area contributed by atoms with E-state index in [4.69, 9.17) is 11.6 Å². The first kappa shape index (κ1) is 14.2. The Hall–Kier alpha value is -0.870. The monoisotopic (exact) mass is 256 g/mol. The molecule has 1 aromatic heterocycles. The van der Waals surface area contributed by atoms with E-state index in [0.29, 0.717) is 11.2 Å². The molecule has 1 rings (SSSR count). The summed E-state index contributed by atoms with van der Waals surface area (Å²) in [5, 5.41) is 3.94. The Bertz CT molecular complexity index is 354. The van der Waals surface area contributed by atoms with Gasteiger partial charge in [-0.15, -0.1) is 0 Å². The maximum Gasteiger partial charge on any atom is 0.137 e. The molecule has 0 amide bonds. The van der Waals surface area contributed by atoms with Crippen molar-refractivity contribution in [2.45, 2.75) is 32.7 Å². The van der Waals surface area contributed by atoms with Crippen molar-refractivity contribution in [2.24, 2.45) is 0 Å². The van der Waals surface area contributed by atoms with Gasteiger partial charge in [-0.05, 0) is 40.4 Å². The molecule has 0 fully saturated rings. The molecular formula is C12H21ClN4. The summed E-state index contributed by atoms with van der Waals surface area (Å²) in [5.41, 5.74) is 0.992. The van der Waals surface area contributed by atoms with E-state index >= 15 is 0 Å². The molecule has 0 aliphatic rings. The summed E-state index contributed by atoms with van der Waals surface area (Å²) in [5.74, 6) is 0.860. The van der Waals surface area contributed by atoms with Crippen LogP contribution in [-0.2, 0) is 6.42 Å². The average Bonchev–Trinajstić information content (AvgIpc) is 2.27. The zero-order chi connectivity index (χ0) is 12.8. The topological polar surface area (TPSA) is 41.1 Å². The van der Waals surface area contributed by atoms with Gasteiger partial charge in [-0.3, -0.25) is 0 Å². The standard InChI is InChI=1S/C12H21ClN4/c1-5-10-11(13)14-8-15-12(10)16-9(2)6-7-17(3)4/h8-9H,5-7H2,1-4H3,(H,14,15,16). The lowest BCUT2D eigenvalue weighted by Crippen LogP contribution is -2.24. The van der Waals surface area contributed by atoms with E-state index in [1.54, 1.807) is 0 Å². The van der Waals surface area contributed by atoms with Gasteiger partial charge in [0.15, 0.2) is 0 Å². The minimum atomic E-state index is 0.369. The fourth-order valence-corrected chi connectivity index (χ4v) is 1.85. The summed E-state index contributed by atoms with van der Waals surface area (Å²) >= 11 is 6.04. The zero-order valence-electron chi connectivity index (χ0n) is 11.0. The van der Waals surface area contributed by atoms with Crippen LogP contribution < -0.4 is 5.32 Å². The first-order valence-electron chi connectivity index (χ1n) is 5.95. The first-order valence-corrected chi connectivity index (χ1v) is 6.33. The minimum absolute atomic E-state index is 0.369. The molecule has 0 saturated heterocycles. The van der Waals surface area contributed by atoms with Crippen LogP contribution in [0.2, 0.25) is 5.15 Å². The highest BCUT2D eigenvalue weighted by atomic mass is 35.5. The lowest BCUT2D eigenvalue weighted by molar-refractivity contribution is 0.390. The molecule has 1 aromatic rings. The quantitative estimate of drug-likeness (QED) is 0.794. The van der Waals surface area contributed by atoms with Gasteiger partial charge < -0.3 is 10.2 Å². The lowest BCUT2D eigenvalue weighted by atomic mass is 10.2. The lowest BCUT2D eigenvalue weighted by Gasteiger charge is -2.18. The highest BCUT2D eigenvalue weighted by Crippen LogP contribution is 2.21. The minimum Gasteiger partial charge on any atom is -0.367 e. The summed E-state index contributed by atoms with van der Waals surface area (Å²) in [4.78, 5) is 10.4. The van der Waals surface area contributed by atoms with E-state index < -0.39 is 0 Å². The van der Waals surface area contributed by atoms with Crippen LogP contribution in [0, 0.1) is 0 Å². The van der Waals surface area contributed by atoms with Crippen LogP contribution in [0.1, 0.15) is 25.8 Å². The molecule has 17 heavy (non-hydrogen) atoms. The van der Waals surface area contributed by atoms with Crippen molar-refractivity contribution < 1.29 is 0 Å². The summed E-state index contributed by atoms with van der Waals surface area (Å²) in [6.45, 7) is 5.26. The number of nitrogens with zero attached hydrogens (tertiary/aromatic N) is 3. The molecule has 0 aliphatic carbocycles. The molecule has 1 unspecified atom stereocenters. The van der Waals surface area contributed by atoms with Crippen molar-refractivity contribution in [1.82, 2.24) is 14.9 Å². The van der Waals surface area contributed by atoms with Crippen LogP contribution in [-0.4, -0.2) is 41.5 Å². The van der Waals surface area contributed by atoms with Crippen molar-refractivity contribution in [3.05, 3.63) is 17.0 Å². The highest BCUT2D eigenvalue weighted by molar-refractivity contribution is 6.30. The molecule has 1 heterocycles. The van der Waals surface area contributed by atoms with Gasteiger partial charge in [-0.2, -0.15) is 0 Å². The second-order valence-corrected chi connectivity index (χ2v) is 4.84. The third kappa shape index (κ3) is 4.48. The number of hydrogen-bond donors (Lipinski definition) is 1. The Morgan fingerprint density at radius 3 is 2.71 bits per heavy atom. The Balaban J connectivity index is 2.64. The number of nitrogens with one attached hydrogen (secondary N) is 1. The molecule has 5 heteroatoms. The van der Waals surface area contributed by atoms with Gasteiger partial charge in [0.05, 0.1) is 0 Å². The number of anilines is 1. The van der Waals surface area contributed by atoms with Gasteiger partial charge >= 0.3 is 0 Å². The molecule has 0 aliphatic heterocycles. The van der Waals surface area contributed by atoms with Crippen molar-refractivity contribution in [1.29, 1.82) is 0 Å². The highest BCUT2D eigenvalue weighted by Gasteiger charge is 2.10. The second-order valence-electron chi connectivity index (χ2n) is 4.48. The van der Waals surface area contributed by atoms with Gasteiger partial charge in [0.2, 0.25) is 0 Å². The molecule has 0 spiro atoms. The fraction of sp³-hybridized carbons (Fsp3) is 0.667. The first-order chi connectivity index (χ1) is 8.04. The van der Waals surface area contributed by atoms with Gasteiger partial charge in [-0.1, -0.05) is 18.5 Å². The fourth-order valence-electron chi connectivity index (χ4n) is 1.59. The summed E-state index contributed by atoms with van der Waals surface area (Å²) in [6.07, 6.45) is 3.41. The molecule has 1 N–H and O–H groups in total. The van der Waals surface area contributed by atoms with Crippen LogP contribution in [0.15, 0.2) is 6.33 Å². The van der Waals surface area contributed by atoms with E-state index in [9.17, 15) is 0 Å². The SMILES string of the molecule is CCc1c(Cl)ncnc1NC(C)CCN(C)C. The molecule has 1 atom stereocenters. The number of rotatable bonds is 6. The maximum atomic E-state index is 6.04. The van der Waals surface area contributed by atoms with E-state index in [2.05, 4.69) is 48.1 Å². The summed E-state index contributed by atoms with van der Waals surface area (Å²) < 4.78 is 0. The van der Waals surface area contributed by atoms with Crippen LogP contribution in [0.3, 0.4) is 0 Å². The number of halogens is 1. The predicted octanol–water partition coefficient (Wildman–Crippen LogP) is 2.44. The van der Waals surface area contributed by atoms with Gasteiger partial charge in [0.25, 0.3) is 0 Å². The van der Waals surface area contributed by atoms with E-state index in [1.807, 2.05) is 0 Å². The normalized spacial score (nSPS) is 12.8. The molecule has 96 valence electrons. The predicted molar refractivity (Wildman–Crippen MR) is 72.7 cm³/mol. The Morgan fingerprint density at radius 2 is 2.12 bits per heavy atom. The maximum absolute atomic E-state index is 6.04. The third-order valence-corrected chi connectivity index (χ3v) is 2.96. The van der Waals surface area contributed by atoms with Crippen molar-refractivity contribution in [3.8, 4) is 0 Å².